The Hall–Kier alpha value is -2.46. The van der Waals surface area contributed by atoms with Gasteiger partial charge in [0.25, 0.3) is 0 Å². The first-order valence-corrected chi connectivity index (χ1v) is 7.60. The summed E-state index contributed by atoms with van der Waals surface area (Å²) in [5.74, 6) is -0.850. The molecule has 1 aromatic heterocycles. The van der Waals surface area contributed by atoms with E-state index < -0.39 is 5.97 Å². The zero-order chi connectivity index (χ0) is 15.5. The third-order valence-electron chi connectivity index (χ3n) is 3.38. The number of methoxy groups -OCH3 is 1. The lowest BCUT2D eigenvalue weighted by molar-refractivity contribution is 0.0601. The molecule has 0 atom stereocenters. The number of carbonyl (C=O) groups excluding carboxylic acids is 1. The average Bonchev–Trinajstić information content (AvgIpc) is 3.04. The van der Waals surface area contributed by atoms with Crippen LogP contribution in [0.1, 0.15) is 10.4 Å². The van der Waals surface area contributed by atoms with Crippen molar-refractivity contribution < 1.29 is 13.9 Å². The highest BCUT2D eigenvalue weighted by Gasteiger charge is 2.18. The summed E-state index contributed by atoms with van der Waals surface area (Å²) in [5.41, 5.74) is 2.92. The van der Waals surface area contributed by atoms with Crippen LogP contribution in [0.3, 0.4) is 0 Å². The first-order valence-electron chi connectivity index (χ1n) is 6.72. The molecular formula is C18H13FO2S. The molecule has 0 radical (unpaired) electrons. The van der Waals surface area contributed by atoms with Crippen molar-refractivity contribution in [1.82, 2.24) is 0 Å². The van der Waals surface area contributed by atoms with E-state index in [4.69, 9.17) is 4.74 Å². The molecule has 3 aromatic rings. The lowest BCUT2D eigenvalue weighted by Crippen LogP contribution is -2.03. The monoisotopic (exact) mass is 312 g/mol. The zero-order valence-electron chi connectivity index (χ0n) is 11.9. The third kappa shape index (κ3) is 2.65. The van der Waals surface area contributed by atoms with E-state index in [-0.39, 0.29) is 5.82 Å². The van der Waals surface area contributed by atoms with Gasteiger partial charge in [0.1, 0.15) is 5.82 Å². The molecule has 3 rings (SSSR count). The minimum absolute atomic E-state index is 0.364. The predicted molar refractivity (Wildman–Crippen MR) is 86.5 cm³/mol. The number of hydrogen-bond donors (Lipinski definition) is 0. The Labute approximate surface area is 131 Å². The van der Waals surface area contributed by atoms with E-state index in [2.05, 4.69) is 0 Å². The lowest BCUT2D eigenvalue weighted by atomic mass is 9.99. The molecule has 0 aliphatic heterocycles. The first-order chi connectivity index (χ1) is 10.7. The highest BCUT2D eigenvalue weighted by atomic mass is 32.1. The minimum Gasteiger partial charge on any atom is -0.465 e. The van der Waals surface area contributed by atoms with E-state index in [0.29, 0.717) is 11.1 Å². The highest BCUT2D eigenvalue weighted by Crippen LogP contribution is 2.38. The van der Waals surface area contributed by atoms with Crippen LogP contribution in [0.2, 0.25) is 0 Å². The fraction of sp³-hybridized carbons (Fsp3) is 0.0556. The zero-order valence-corrected chi connectivity index (χ0v) is 12.7. The van der Waals surface area contributed by atoms with Crippen LogP contribution in [0, 0.1) is 5.82 Å². The van der Waals surface area contributed by atoms with Crippen molar-refractivity contribution >= 4 is 17.3 Å². The molecule has 0 N–H and O–H groups in total. The second kappa shape index (κ2) is 6.12. The maximum Gasteiger partial charge on any atom is 0.338 e. The van der Waals surface area contributed by atoms with Gasteiger partial charge in [-0.15, -0.1) is 11.3 Å². The SMILES string of the molecule is COC(=O)c1ccc(F)cc1-c1sccc1-c1ccccc1. The molecule has 22 heavy (non-hydrogen) atoms. The van der Waals surface area contributed by atoms with Gasteiger partial charge in [0.05, 0.1) is 12.7 Å². The van der Waals surface area contributed by atoms with Crippen LogP contribution < -0.4 is 0 Å². The van der Waals surface area contributed by atoms with Crippen molar-refractivity contribution in [3.05, 3.63) is 71.4 Å². The van der Waals surface area contributed by atoms with Gasteiger partial charge in [0, 0.05) is 16.0 Å². The molecule has 0 aliphatic rings. The first kappa shape index (κ1) is 14.5. The van der Waals surface area contributed by atoms with E-state index in [1.165, 1.54) is 36.6 Å². The Balaban J connectivity index is 2.19. The summed E-state index contributed by atoms with van der Waals surface area (Å²) in [7, 11) is 1.32. The Kier molecular flexibility index (Phi) is 4.02. The molecule has 0 saturated heterocycles. The van der Waals surface area contributed by atoms with Gasteiger partial charge in [-0.25, -0.2) is 9.18 Å². The molecule has 0 saturated carbocycles. The molecule has 4 heteroatoms. The van der Waals surface area contributed by atoms with E-state index in [0.717, 1.165) is 16.0 Å². The number of benzene rings is 2. The van der Waals surface area contributed by atoms with E-state index in [1.807, 2.05) is 41.8 Å². The maximum absolute atomic E-state index is 13.7. The normalized spacial score (nSPS) is 10.5. The van der Waals surface area contributed by atoms with Crippen molar-refractivity contribution in [2.45, 2.75) is 0 Å². The van der Waals surface area contributed by atoms with Crippen molar-refractivity contribution in [3.63, 3.8) is 0 Å². The van der Waals surface area contributed by atoms with E-state index >= 15 is 0 Å². The van der Waals surface area contributed by atoms with Gasteiger partial charge in [-0.05, 0) is 35.2 Å². The van der Waals surface area contributed by atoms with Gasteiger partial charge in [0.2, 0.25) is 0 Å². The minimum atomic E-state index is -0.470. The summed E-state index contributed by atoms with van der Waals surface area (Å²) < 4.78 is 18.5. The largest absolute Gasteiger partial charge is 0.465 e. The summed E-state index contributed by atoms with van der Waals surface area (Å²) in [6, 6.07) is 15.9. The Morgan fingerprint density at radius 1 is 1.05 bits per heavy atom. The van der Waals surface area contributed by atoms with Crippen LogP contribution in [0.15, 0.2) is 60.0 Å². The fourth-order valence-electron chi connectivity index (χ4n) is 2.36. The average molecular weight is 312 g/mol. The molecule has 0 spiro atoms. The lowest BCUT2D eigenvalue weighted by Gasteiger charge is -2.09. The van der Waals surface area contributed by atoms with E-state index in [9.17, 15) is 9.18 Å². The van der Waals surface area contributed by atoms with Crippen molar-refractivity contribution in [2.24, 2.45) is 0 Å². The molecule has 2 aromatic carbocycles. The van der Waals surface area contributed by atoms with Gasteiger partial charge in [-0.2, -0.15) is 0 Å². The second-order valence-corrected chi connectivity index (χ2v) is 5.63. The molecule has 1 heterocycles. The maximum atomic E-state index is 13.7. The van der Waals surface area contributed by atoms with E-state index in [1.54, 1.807) is 0 Å². The summed E-state index contributed by atoms with van der Waals surface area (Å²) in [4.78, 5) is 12.8. The smallest absolute Gasteiger partial charge is 0.338 e. The van der Waals surface area contributed by atoms with Crippen molar-refractivity contribution in [1.29, 1.82) is 0 Å². The van der Waals surface area contributed by atoms with Gasteiger partial charge in [0.15, 0.2) is 0 Å². The summed E-state index contributed by atoms with van der Waals surface area (Å²) >= 11 is 1.47. The molecule has 0 unspecified atom stereocenters. The van der Waals surface area contributed by atoms with Crippen LogP contribution >= 0.6 is 11.3 Å². The highest BCUT2D eigenvalue weighted by molar-refractivity contribution is 7.14. The fourth-order valence-corrected chi connectivity index (χ4v) is 3.30. The third-order valence-corrected chi connectivity index (χ3v) is 4.33. The predicted octanol–water partition coefficient (Wildman–Crippen LogP) is 5.01. The Morgan fingerprint density at radius 2 is 1.82 bits per heavy atom. The number of thiophene rings is 1. The summed E-state index contributed by atoms with van der Waals surface area (Å²) in [5, 5.41) is 1.93. The number of rotatable bonds is 3. The van der Waals surface area contributed by atoms with Crippen LogP contribution in [-0.4, -0.2) is 13.1 Å². The number of ether oxygens (including phenoxy) is 1. The van der Waals surface area contributed by atoms with Gasteiger partial charge in [-0.1, -0.05) is 30.3 Å². The standard InChI is InChI=1S/C18H13FO2S/c1-21-18(20)15-8-7-13(19)11-16(15)17-14(9-10-22-17)12-5-3-2-4-6-12/h2-11H,1H3. The van der Waals surface area contributed by atoms with Crippen LogP contribution in [0.5, 0.6) is 0 Å². The molecule has 0 fully saturated rings. The molecule has 2 nitrogen and oxygen atoms in total. The Bertz CT molecular complexity index is 809. The summed E-state index contributed by atoms with van der Waals surface area (Å²) in [6.07, 6.45) is 0. The molecule has 0 aliphatic carbocycles. The van der Waals surface area contributed by atoms with Crippen molar-refractivity contribution in [2.75, 3.05) is 7.11 Å². The van der Waals surface area contributed by atoms with Gasteiger partial charge in [-0.3, -0.25) is 0 Å². The number of esters is 1. The Morgan fingerprint density at radius 3 is 2.55 bits per heavy atom. The van der Waals surface area contributed by atoms with Crippen LogP contribution in [0.4, 0.5) is 4.39 Å². The van der Waals surface area contributed by atoms with Crippen LogP contribution in [0.25, 0.3) is 21.6 Å². The quantitative estimate of drug-likeness (QED) is 0.636. The van der Waals surface area contributed by atoms with Gasteiger partial charge < -0.3 is 4.74 Å². The summed E-state index contributed by atoms with van der Waals surface area (Å²) in [6.45, 7) is 0. The van der Waals surface area contributed by atoms with Crippen molar-refractivity contribution in [3.8, 4) is 21.6 Å². The van der Waals surface area contributed by atoms with Gasteiger partial charge >= 0.3 is 5.97 Å². The number of carbonyl (C=O) groups is 1. The number of hydrogen-bond acceptors (Lipinski definition) is 3. The molecule has 0 bridgehead atoms. The topological polar surface area (TPSA) is 26.3 Å². The molecule has 0 amide bonds. The van der Waals surface area contributed by atoms with Crippen LogP contribution in [-0.2, 0) is 4.74 Å². The molecular weight excluding hydrogens is 299 g/mol. The second-order valence-electron chi connectivity index (χ2n) is 4.71. The number of halogens is 1. The molecule has 110 valence electrons.